The molecule has 0 spiro atoms. The van der Waals surface area contributed by atoms with Gasteiger partial charge in [0.15, 0.2) is 0 Å². The van der Waals surface area contributed by atoms with Gasteiger partial charge in [-0.15, -0.1) is 0 Å². The first kappa shape index (κ1) is 19.7. The fraction of sp³-hybridized carbons (Fsp3) is 0.174. The third-order valence-corrected chi connectivity index (χ3v) is 4.76. The van der Waals surface area contributed by atoms with Crippen molar-refractivity contribution in [1.29, 1.82) is 0 Å². The summed E-state index contributed by atoms with van der Waals surface area (Å²) < 4.78 is 21.8. The standard InChI is InChI=1S/C23H22FN5O/c1-28(15-18-10-11-25-16-26-18)13-17-14-29(19-6-4-3-5-7-19)27-23(17)21-9-8-20(30-2)12-22(21)24/h3-12,14,16H,13,15H2,1-2H3. The molecule has 152 valence electrons. The Morgan fingerprint density at radius 3 is 2.60 bits per heavy atom. The molecule has 0 bridgehead atoms. The van der Waals surface area contributed by atoms with E-state index in [1.807, 2.05) is 49.6 Å². The third kappa shape index (κ3) is 4.36. The van der Waals surface area contributed by atoms with E-state index in [1.54, 1.807) is 23.0 Å². The Kier molecular flexibility index (Phi) is 5.81. The van der Waals surface area contributed by atoms with Crippen LogP contribution in [0.5, 0.6) is 5.75 Å². The number of hydrogen-bond donors (Lipinski definition) is 0. The largest absolute Gasteiger partial charge is 0.497 e. The topological polar surface area (TPSA) is 56.1 Å². The van der Waals surface area contributed by atoms with E-state index in [0.717, 1.165) is 16.9 Å². The van der Waals surface area contributed by atoms with Gasteiger partial charge < -0.3 is 4.74 Å². The van der Waals surface area contributed by atoms with E-state index in [1.165, 1.54) is 19.5 Å². The monoisotopic (exact) mass is 403 g/mol. The Bertz CT molecular complexity index is 1120. The van der Waals surface area contributed by atoms with E-state index < -0.39 is 0 Å². The van der Waals surface area contributed by atoms with Crippen molar-refractivity contribution in [2.45, 2.75) is 13.1 Å². The number of halogens is 1. The number of hydrogen-bond acceptors (Lipinski definition) is 5. The summed E-state index contributed by atoms with van der Waals surface area (Å²) >= 11 is 0. The van der Waals surface area contributed by atoms with Crippen molar-refractivity contribution in [2.24, 2.45) is 0 Å². The predicted octanol–water partition coefficient (Wildman–Crippen LogP) is 4.11. The molecule has 0 radical (unpaired) electrons. The predicted molar refractivity (Wildman–Crippen MR) is 113 cm³/mol. The van der Waals surface area contributed by atoms with Crippen LogP contribution in [0.25, 0.3) is 16.9 Å². The highest BCUT2D eigenvalue weighted by molar-refractivity contribution is 5.65. The summed E-state index contributed by atoms with van der Waals surface area (Å²) in [5, 5.41) is 4.71. The summed E-state index contributed by atoms with van der Waals surface area (Å²) in [5.41, 5.74) is 3.79. The fourth-order valence-corrected chi connectivity index (χ4v) is 3.31. The molecule has 7 heteroatoms. The number of methoxy groups -OCH3 is 1. The van der Waals surface area contributed by atoms with E-state index >= 15 is 0 Å². The molecular weight excluding hydrogens is 381 g/mol. The van der Waals surface area contributed by atoms with E-state index in [9.17, 15) is 4.39 Å². The summed E-state index contributed by atoms with van der Waals surface area (Å²) in [6.07, 6.45) is 5.21. The maximum atomic E-state index is 14.8. The molecule has 6 nitrogen and oxygen atoms in total. The highest BCUT2D eigenvalue weighted by Gasteiger charge is 2.18. The first-order valence-corrected chi connectivity index (χ1v) is 9.55. The van der Waals surface area contributed by atoms with Crippen LogP contribution >= 0.6 is 0 Å². The van der Waals surface area contributed by atoms with Gasteiger partial charge in [-0.25, -0.2) is 19.0 Å². The van der Waals surface area contributed by atoms with Crippen LogP contribution in [0.15, 0.2) is 73.3 Å². The van der Waals surface area contributed by atoms with E-state index in [4.69, 9.17) is 9.84 Å². The molecule has 0 aliphatic rings. The minimum absolute atomic E-state index is 0.368. The van der Waals surface area contributed by atoms with Gasteiger partial charge in [0.25, 0.3) is 0 Å². The SMILES string of the molecule is COc1ccc(-c2nn(-c3ccccc3)cc2CN(C)Cc2ccncn2)c(F)c1. The highest BCUT2D eigenvalue weighted by Crippen LogP contribution is 2.29. The molecule has 2 heterocycles. The van der Waals surface area contributed by atoms with Crippen molar-refractivity contribution in [2.75, 3.05) is 14.2 Å². The van der Waals surface area contributed by atoms with Gasteiger partial charge in [-0.05, 0) is 37.4 Å². The number of para-hydroxylation sites is 1. The van der Waals surface area contributed by atoms with Crippen molar-refractivity contribution >= 4 is 0 Å². The smallest absolute Gasteiger partial charge is 0.136 e. The molecule has 0 unspecified atom stereocenters. The highest BCUT2D eigenvalue weighted by atomic mass is 19.1. The summed E-state index contributed by atoms with van der Waals surface area (Å²) in [7, 11) is 3.52. The quantitative estimate of drug-likeness (QED) is 0.465. The normalized spacial score (nSPS) is 11.1. The zero-order valence-corrected chi connectivity index (χ0v) is 16.9. The van der Waals surface area contributed by atoms with E-state index in [2.05, 4.69) is 14.9 Å². The maximum absolute atomic E-state index is 14.8. The lowest BCUT2D eigenvalue weighted by Gasteiger charge is -2.16. The second-order valence-corrected chi connectivity index (χ2v) is 7.00. The summed E-state index contributed by atoms with van der Waals surface area (Å²) in [5.74, 6) is 0.105. The summed E-state index contributed by atoms with van der Waals surface area (Å²) in [4.78, 5) is 10.3. The molecule has 0 saturated carbocycles. The lowest BCUT2D eigenvalue weighted by atomic mass is 10.1. The maximum Gasteiger partial charge on any atom is 0.136 e. The number of ether oxygens (including phenoxy) is 1. The Labute approximate surface area is 174 Å². The van der Waals surface area contributed by atoms with Crippen LogP contribution in [0.3, 0.4) is 0 Å². The molecule has 2 aromatic carbocycles. The van der Waals surface area contributed by atoms with Gasteiger partial charge in [-0.3, -0.25) is 4.90 Å². The molecule has 2 aromatic heterocycles. The van der Waals surface area contributed by atoms with Gasteiger partial charge in [-0.1, -0.05) is 18.2 Å². The molecule has 0 amide bonds. The van der Waals surface area contributed by atoms with Gasteiger partial charge in [-0.2, -0.15) is 5.10 Å². The van der Waals surface area contributed by atoms with Crippen LogP contribution in [0.1, 0.15) is 11.3 Å². The number of aromatic nitrogens is 4. The van der Waals surface area contributed by atoms with Crippen molar-refractivity contribution in [3.63, 3.8) is 0 Å². The Hall–Kier alpha value is -3.58. The second-order valence-electron chi connectivity index (χ2n) is 7.00. The van der Waals surface area contributed by atoms with Crippen molar-refractivity contribution < 1.29 is 9.13 Å². The summed E-state index contributed by atoms with van der Waals surface area (Å²) in [6, 6.07) is 16.5. The van der Waals surface area contributed by atoms with Gasteiger partial charge in [0.05, 0.1) is 18.5 Å². The van der Waals surface area contributed by atoms with Crippen LogP contribution in [-0.4, -0.2) is 38.8 Å². The molecule has 30 heavy (non-hydrogen) atoms. The van der Waals surface area contributed by atoms with E-state index in [-0.39, 0.29) is 5.82 Å². The van der Waals surface area contributed by atoms with E-state index in [0.29, 0.717) is 30.1 Å². The summed E-state index contributed by atoms with van der Waals surface area (Å²) in [6.45, 7) is 1.22. The van der Waals surface area contributed by atoms with Crippen molar-refractivity contribution in [1.82, 2.24) is 24.6 Å². The van der Waals surface area contributed by atoms with Gasteiger partial charge >= 0.3 is 0 Å². The first-order valence-electron chi connectivity index (χ1n) is 9.55. The van der Waals surface area contributed by atoms with Crippen LogP contribution in [0, 0.1) is 5.82 Å². The van der Waals surface area contributed by atoms with Gasteiger partial charge in [0.1, 0.15) is 23.6 Å². The second kappa shape index (κ2) is 8.84. The molecule has 4 aromatic rings. The Morgan fingerprint density at radius 1 is 1.07 bits per heavy atom. The van der Waals surface area contributed by atoms with Crippen LogP contribution < -0.4 is 4.74 Å². The zero-order chi connectivity index (χ0) is 20.9. The molecule has 0 fully saturated rings. The lowest BCUT2D eigenvalue weighted by molar-refractivity contribution is 0.315. The van der Waals surface area contributed by atoms with Crippen LogP contribution in [0.2, 0.25) is 0 Å². The average Bonchev–Trinajstić information content (AvgIpc) is 3.18. The van der Waals surface area contributed by atoms with Crippen molar-refractivity contribution in [3.8, 4) is 22.7 Å². The zero-order valence-electron chi connectivity index (χ0n) is 16.9. The number of nitrogens with zero attached hydrogens (tertiary/aromatic N) is 5. The third-order valence-electron chi connectivity index (χ3n) is 4.76. The van der Waals surface area contributed by atoms with Crippen LogP contribution in [-0.2, 0) is 13.1 Å². The first-order chi connectivity index (χ1) is 14.6. The lowest BCUT2D eigenvalue weighted by Crippen LogP contribution is -2.18. The molecule has 0 aliphatic heterocycles. The van der Waals surface area contributed by atoms with Crippen LogP contribution in [0.4, 0.5) is 4.39 Å². The Morgan fingerprint density at radius 2 is 1.90 bits per heavy atom. The Balaban J connectivity index is 1.70. The number of rotatable bonds is 7. The molecule has 4 rings (SSSR count). The number of benzene rings is 2. The molecule has 0 atom stereocenters. The average molecular weight is 403 g/mol. The molecule has 0 saturated heterocycles. The molecule has 0 aliphatic carbocycles. The minimum atomic E-state index is -0.368. The fourth-order valence-electron chi connectivity index (χ4n) is 3.31. The van der Waals surface area contributed by atoms with Crippen molar-refractivity contribution in [3.05, 3.63) is 90.4 Å². The minimum Gasteiger partial charge on any atom is -0.497 e. The molecule has 0 N–H and O–H groups in total. The van der Waals surface area contributed by atoms with Gasteiger partial charge in [0.2, 0.25) is 0 Å². The molecular formula is C23H22FN5O. The van der Waals surface area contributed by atoms with Gasteiger partial charge in [0, 0.05) is 42.7 Å².